The van der Waals surface area contributed by atoms with E-state index < -0.39 is 0 Å². The zero-order chi connectivity index (χ0) is 20.1. The van der Waals surface area contributed by atoms with Crippen LogP contribution in [0, 0.1) is 37.2 Å². The second-order valence-corrected chi connectivity index (χ2v) is 6.70. The van der Waals surface area contributed by atoms with Crippen molar-refractivity contribution in [3.05, 3.63) is 47.5 Å². The number of hydrogen-bond donors (Lipinski definition) is 1. The number of methoxy groups -OCH3 is 1. The van der Waals surface area contributed by atoms with Crippen molar-refractivity contribution in [3.8, 4) is 11.5 Å². The van der Waals surface area contributed by atoms with E-state index in [9.17, 15) is 14.7 Å². The monoisotopic (exact) mass is 639 g/mol. The number of ether oxygens (including phenoxy) is 1. The number of nitrogens with zero attached hydrogens (tertiary/aromatic N) is 3. The number of carbonyl (C=O) groups excluding carboxylic acids is 2. The van der Waals surface area contributed by atoms with E-state index in [4.69, 9.17) is 16.3 Å². The van der Waals surface area contributed by atoms with Gasteiger partial charge in [0.2, 0.25) is 5.91 Å². The van der Waals surface area contributed by atoms with Crippen molar-refractivity contribution in [2.45, 2.75) is 0 Å². The Hall–Kier alpha value is -1.88. The molecular formula is C20H20ClN3O4U. The summed E-state index contributed by atoms with van der Waals surface area (Å²) in [7, 11) is 1.57. The van der Waals surface area contributed by atoms with Gasteiger partial charge >= 0.3 is 31.1 Å². The molecule has 0 atom stereocenters. The van der Waals surface area contributed by atoms with Gasteiger partial charge in [-0.25, -0.2) is 11.8 Å². The maximum Gasteiger partial charge on any atom is 2.00 e. The molecule has 1 fully saturated rings. The van der Waals surface area contributed by atoms with Crippen LogP contribution >= 0.6 is 11.6 Å². The van der Waals surface area contributed by atoms with E-state index in [0.29, 0.717) is 42.6 Å². The minimum Gasteiger partial charge on any atom is -0.566 e. The first-order valence-corrected chi connectivity index (χ1v) is 9.12. The number of amides is 2. The standard InChI is InChI=1S/C20H20ClN3O4.U/c1-28-19-12-16(4-7-18(19)21)22-8-10-23(11-9-22)20(27)13-24(14-25)15-2-5-17(26)6-3-15;/h2,4-7,12,26H,8-11,13H2,1H3;/q-2;+2. The molecule has 1 heterocycles. The topological polar surface area (TPSA) is 73.3 Å². The van der Waals surface area contributed by atoms with E-state index >= 15 is 0 Å². The average Bonchev–Trinajstić information content (AvgIpc) is 2.73. The van der Waals surface area contributed by atoms with Gasteiger partial charge in [0.25, 0.3) is 0 Å². The zero-order valence-corrected chi connectivity index (χ0v) is 20.8. The summed E-state index contributed by atoms with van der Waals surface area (Å²) in [4.78, 5) is 28.9. The van der Waals surface area contributed by atoms with Crippen molar-refractivity contribution in [1.82, 2.24) is 4.90 Å². The number of phenolic OH excluding ortho intramolecular Hbond substituents is 1. The quantitative estimate of drug-likeness (QED) is 0.387. The molecule has 2 aromatic carbocycles. The third kappa shape index (κ3) is 5.82. The normalized spacial score (nSPS) is 13.4. The van der Waals surface area contributed by atoms with Gasteiger partial charge in [-0.1, -0.05) is 11.6 Å². The van der Waals surface area contributed by atoms with Gasteiger partial charge in [-0.05, 0) is 12.1 Å². The molecule has 7 nitrogen and oxygen atoms in total. The van der Waals surface area contributed by atoms with Crippen molar-refractivity contribution in [1.29, 1.82) is 0 Å². The third-order valence-corrected chi connectivity index (χ3v) is 4.92. The molecule has 1 saturated heterocycles. The fourth-order valence-electron chi connectivity index (χ4n) is 3.04. The Morgan fingerprint density at radius 3 is 2.59 bits per heavy atom. The Morgan fingerprint density at radius 2 is 2.00 bits per heavy atom. The Bertz CT molecular complexity index is 842. The summed E-state index contributed by atoms with van der Waals surface area (Å²) in [6.07, 6.45) is 1.75. The molecule has 150 valence electrons. The molecule has 0 aliphatic carbocycles. The van der Waals surface area contributed by atoms with Crippen LogP contribution in [0.4, 0.5) is 11.4 Å². The van der Waals surface area contributed by atoms with Crippen LogP contribution in [0.25, 0.3) is 0 Å². The van der Waals surface area contributed by atoms with Crippen molar-refractivity contribution in [2.75, 3.05) is 49.6 Å². The number of rotatable bonds is 6. The minimum atomic E-state index is -0.168. The minimum absolute atomic E-state index is 0. The fraction of sp³-hybridized carbons (Fsp3) is 0.300. The molecule has 1 N–H and O–H groups in total. The van der Waals surface area contributed by atoms with E-state index in [1.54, 1.807) is 24.5 Å². The van der Waals surface area contributed by atoms with Crippen molar-refractivity contribution in [3.63, 3.8) is 0 Å². The van der Waals surface area contributed by atoms with Crippen LogP contribution in [0.15, 0.2) is 36.4 Å². The summed E-state index contributed by atoms with van der Waals surface area (Å²) in [5, 5.41) is 9.87. The molecule has 3 rings (SSSR count). The van der Waals surface area contributed by atoms with Crippen LogP contribution in [0.1, 0.15) is 0 Å². The number of carbonyl (C=O) groups is 1. The Kier molecular flexibility index (Phi) is 8.69. The Labute approximate surface area is 198 Å². The molecule has 0 aromatic heterocycles. The number of hydrogen-bond acceptors (Lipinski definition) is 5. The van der Waals surface area contributed by atoms with E-state index in [-0.39, 0.29) is 49.3 Å². The predicted octanol–water partition coefficient (Wildman–Crippen LogP) is 2.08. The van der Waals surface area contributed by atoms with Gasteiger partial charge in [0.05, 0.1) is 25.1 Å². The van der Waals surface area contributed by atoms with Crippen molar-refractivity contribution >= 4 is 35.3 Å². The van der Waals surface area contributed by atoms with Crippen molar-refractivity contribution in [2.24, 2.45) is 0 Å². The van der Waals surface area contributed by atoms with Crippen LogP contribution in [-0.2, 0) is 9.59 Å². The summed E-state index contributed by atoms with van der Waals surface area (Å²) < 4.78 is 5.26. The van der Waals surface area contributed by atoms with Gasteiger partial charge in [0.15, 0.2) is 0 Å². The molecule has 2 amide bonds. The van der Waals surface area contributed by atoms with Crippen LogP contribution in [0.2, 0.25) is 5.02 Å². The van der Waals surface area contributed by atoms with E-state index in [1.807, 2.05) is 12.1 Å². The van der Waals surface area contributed by atoms with Crippen LogP contribution in [0.3, 0.4) is 0 Å². The van der Waals surface area contributed by atoms with Gasteiger partial charge in [0, 0.05) is 43.7 Å². The van der Waals surface area contributed by atoms with Crippen molar-refractivity contribution < 1.29 is 50.5 Å². The number of anilines is 2. The summed E-state index contributed by atoms with van der Waals surface area (Å²) in [5.74, 6) is 0.481. The maximum absolute atomic E-state index is 12.6. The van der Waals surface area contributed by atoms with Gasteiger partial charge in [0.1, 0.15) is 5.75 Å². The Morgan fingerprint density at radius 1 is 1.28 bits per heavy atom. The molecule has 0 unspecified atom stereocenters. The first kappa shape index (κ1) is 23.4. The molecule has 9 heteroatoms. The summed E-state index contributed by atoms with van der Waals surface area (Å²) in [6, 6.07) is 12.6. The van der Waals surface area contributed by atoms with E-state index in [2.05, 4.69) is 11.0 Å². The zero-order valence-electron chi connectivity index (χ0n) is 15.9. The van der Waals surface area contributed by atoms with Gasteiger partial charge in [-0.2, -0.15) is 6.07 Å². The van der Waals surface area contributed by atoms with Crippen LogP contribution in [-0.4, -0.2) is 62.2 Å². The molecule has 0 spiro atoms. The molecule has 1 aliphatic rings. The van der Waals surface area contributed by atoms with Gasteiger partial charge < -0.3 is 29.3 Å². The molecule has 0 radical (unpaired) electrons. The molecule has 2 aromatic rings. The largest absolute Gasteiger partial charge is 2.00 e. The number of benzene rings is 2. The van der Waals surface area contributed by atoms with E-state index in [1.165, 1.54) is 18.2 Å². The number of halogens is 1. The number of phenols is 1. The predicted molar refractivity (Wildman–Crippen MR) is 107 cm³/mol. The maximum atomic E-state index is 12.6. The molecule has 0 saturated carbocycles. The number of aromatic hydroxyl groups is 1. The first-order chi connectivity index (χ1) is 13.5. The fourth-order valence-corrected chi connectivity index (χ4v) is 3.23. The van der Waals surface area contributed by atoms with Crippen LogP contribution in [0.5, 0.6) is 11.5 Å². The summed E-state index contributed by atoms with van der Waals surface area (Å²) in [6.45, 7) is 2.27. The summed E-state index contributed by atoms with van der Waals surface area (Å²) >= 11 is 6.07. The van der Waals surface area contributed by atoms with Crippen LogP contribution < -0.4 is 14.5 Å². The molecule has 29 heavy (non-hydrogen) atoms. The Balaban J connectivity index is 0.00000300. The number of piperazine rings is 1. The second-order valence-electron chi connectivity index (χ2n) is 6.30. The average molecular weight is 640 g/mol. The first-order valence-electron chi connectivity index (χ1n) is 8.74. The smallest absolute Gasteiger partial charge is 0.566 e. The summed E-state index contributed by atoms with van der Waals surface area (Å²) in [5.41, 5.74) is 1.36. The van der Waals surface area contributed by atoms with Gasteiger partial charge in [-0.3, -0.25) is 10.9 Å². The SMILES string of the molecule is COc1cc(N2CCN(C(=O)CN([C-]=O)c3[c-]cc(O)cc3)CC2)ccc1Cl.[U+2]. The molecule has 0 bridgehead atoms. The van der Waals surface area contributed by atoms with Gasteiger partial charge in [-0.15, -0.1) is 6.07 Å². The molecular weight excluding hydrogens is 620 g/mol. The second kappa shape index (κ2) is 10.8. The van der Waals surface area contributed by atoms with E-state index in [0.717, 1.165) is 10.6 Å². The third-order valence-electron chi connectivity index (χ3n) is 4.61. The molecule has 1 aliphatic heterocycles.